The van der Waals surface area contributed by atoms with Gasteiger partial charge in [0, 0.05) is 12.8 Å². The molecule has 0 aliphatic rings. The van der Waals surface area contributed by atoms with E-state index >= 15 is 0 Å². The molecule has 0 amide bonds. The van der Waals surface area contributed by atoms with E-state index in [9.17, 15) is 9.59 Å². The fraction of sp³-hybridized carbons (Fsp3) is 0.818. The molecular weight excluding hydrogens is 196 g/mol. The van der Waals surface area contributed by atoms with Crippen LogP contribution in [0.2, 0.25) is 0 Å². The van der Waals surface area contributed by atoms with Gasteiger partial charge in [0.05, 0.1) is 14.2 Å². The van der Waals surface area contributed by atoms with Crippen LogP contribution in [0.3, 0.4) is 0 Å². The van der Waals surface area contributed by atoms with E-state index < -0.39 is 0 Å². The van der Waals surface area contributed by atoms with Crippen molar-refractivity contribution in [1.82, 2.24) is 0 Å². The summed E-state index contributed by atoms with van der Waals surface area (Å²) in [7, 11) is 2.74. The summed E-state index contributed by atoms with van der Waals surface area (Å²) in [5.41, 5.74) is 0. The molecular formula is C11H20O4. The standard InChI is InChI=1S/C11H20O4/c1-8(2)9(7-11(13)15-4)5-6-10(12)14-3/h8-9H,5-7H2,1-4H3/t9-/m1/s1. The molecule has 0 N–H and O–H groups in total. The molecule has 4 heteroatoms. The van der Waals surface area contributed by atoms with Crippen molar-refractivity contribution in [2.45, 2.75) is 33.1 Å². The Morgan fingerprint density at radius 3 is 2.00 bits per heavy atom. The highest BCUT2D eigenvalue weighted by molar-refractivity contribution is 5.70. The van der Waals surface area contributed by atoms with Crippen LogP contribution >= 0.6 is 0 Å². The Kier molecular flexibility index (Phi) is 6.75. The lowest BCUT2D eigenvalue weighted by Gasteiger charge is -2.18. The Hall–Kier alpha value is -1.06. The molecule has 0 aromatic carbocycles. The summed E-state index contributed by atoms with van der Waals surface area (Å²) in [6.45, 7) is 4.07. The Morgan fingerprint density at radius 2 is 1.60 bits per heavy atom. The van der Waals surface area contributed by atoms with E-state index in [1.54, 1.807) is 0 Å². The second kappa shape index (κ2) is 7.26. The highest BCUT2D eigenvalue weighted by atomic mass is 16.5. The van der Waals surface area contributed by atoms with E-state index in [-0.39, 0.29) is 17.9 Å². The highest BCUT2D eigenvalue weighted by Gasteiger charge is 2.19. The molecule has 88 valence electrons. The predicted octanol–water partition coefficient (Wildman–Crippen LogP) is 1.77. The lowest BCUT2D eigenvalue weighted by atomic mass is 9.88. The average molecular weight is 216 g/mol. The molecule has 15 heavy (non-hydrogen) atoms. The van der Waals surface area contributed by atoms with E-state index in [1.165, 1.54) is 14.2 Å². The number of carbonyl (C=O) groups excluding carboxylic acids is 2. The van der Waals surface area contributed by atoms with Crippen molar-refractivity contribution in [1.29, 1.82) is 0 Å². The molecule has 0 aliphatic carbocycles. The Balaban J connectivity index is 4.05. The first-order chi connectivity index (χ1) is 7.01. The van der Waals surface area contributed by atoms with E-state index in [4.69, 9.17) is 0 Å². The smallest absolute Gasteiger partial charge is 0.305 e. The third-order valence-corrected chi connectivity index (χ3v) is 2.55. The molecule has 0 radical (unpaired) electrons. The largest absolute Gasteiger partial charge is 0.469 e. The molecule has 0 saturated carbocycles. The minimum atomic E-state index is -0.231. The summed E-state index contributed by atoms with van der Waals surface area (Å²) in [5, 5.41) is 0. The van der Waals surface area contributed by atoms with Crippen LogP contribution in [0.5, 0.6) is 0 Å². The fourth-order valence-electron chi connectivity index (χ4n) is 1.37. The molecule has 0 aromatic rings. The third kappa shape index (κ3) is 6.10. The average Bonchev–Trinajstić information content (AvgIpc) is 2.22. The van der Waals surface area contributed by atoms with Gasteiger partial charge in [0.25, 0.3) is 0 Å². The molecule has 1 atom stereocenters. The minimum absolute atomic E-state index is 0.177. The van der Waals surface area contributed by atoms with Gasteiger partial charge in [-0.15, -0.1) is 0 Å². The van der Waals surface area contributed by atoms with Crippen molar-refractivity contribution in [3.05, 3.63) is 0 Å². The zero-order valence-electron chi connectivity index (χ0n) is 9.91. The van der Waals surface area contributed by atoms with E-state index in [0.717, 1.165) is 0 Å². The van der Waals surface area contributed by atoms with Crippen molar-refractivity contribution in [3.8, 4) is 0 Å². The van der Waals surface area contributed by atoms with Crippen molar-refractivity contribution in [3.63, 3.8) is 0 Å². The normalized spacial score (nSPS) is 12.3. The van der Waals surface area contributed by atoms with Gasteiger partial charge in [-0.05, 0) is 18.3 Å². The number of esters is 2. The molecule has 4 nitrogen and oxygen atoms in total. The maximum absolute atomic E-state index is 11.1. The quantitative estimate of drug-likeness (QED) is 0.635. The number of ether oxygens (including phenoxy) is 2. The van der Waals surface area contributed by atoms with Crippen molar-refractivity contribution >= 4 is 11.9 Å². The number of carbonyl (C=O) groups is 2. The van der Waals surface area contributed by atoms with Crippen molar-refractivity contribution in [2.75, 3.05) is 14.2 Å². The number of methoxy groups -OCH3 is 2. The Bertz CT molecular complexity index is 211. The minimum Gasteiger partial charge on any atom is -0.469 e. The molecule has 0 aliphatic heterocycles. The number of rotatable bonds is 6. The summed E-state index contributed by atoms with van der Waals surface area (Å²) in [4.78, 5) is 22.1. The molecule has 0 saturated heterocycles. The van der Waals surface area contributed by atoms with E-state index in [2.05, 4.69) is 9.47 Å². The van der Waals surface area contributed by atoms with E-state index in [1.807, 2.05) is 13.8 Å². The van der Waals surface area contributed by atoms with Crippen molar-refractivity contribution < 1.29 is 19.1 Å². The van der Waals surface area contributed by atoms with Gasteiger partial charge in [-0.1, -0.05) is 13.8 Å². The molecule has 0 spiro atoms. The van der Waals surface area contributed by atoms with Gasteiger partial charge >= 0.3 is 11.9 Å². The maximum atomic E-state index is 11.1. The molecule has 0 unspecified atom stereocenters. The van der Waals surface area contributed by atoms with Crippen LogP contribution in [-0.2, 0) is 19.1 Å². The van der Waals surface area contributed by atoms with Gasteiger partial charge in [-0.25, -0.2) is 0 Å². The molecule has 0 fully saturated rings. The van der Waals surface area contributed by atoms with Gasteiger partial charge in [-0.2, -0.15) is 0 Å². The summed E-state index contributed by atoms with van der Waals surface area (Å²) < 4.78 is 9.17. The SMILES string of the molecule is COC(=O)CC[C@H](CC(=O)OC)C(C)C. The number of hydrogen-bond donors (Lipinski definition) is 0. The first-order valence-corrected chi connectivity index (χ1v) is 5.14. The summed E-state index contributed by atoms with van der Waals surface area (Å²) >= 11 is 0. The monoisotopic (exact) mass is 216 g/mol. The van der Waals surface area contributed by atoms with Gasteiger partial charge in [0.2, 0.25) is 0 Å². The Morgan fingerprint density at radius 1 is 1.07 bits per heavy atom. The van der Waals surface area contributed by atoms with Crippen LogP contribution in [0.25, 0.3) is 0 Å². The van der Waals surface area contributed by atoms with Gasteiger partial charge in [0.1, 0.15) is 0 Å². The summed E-state index contributed by atoms with van der Waals surface area (Å²) in [6.07, 6.45) is 1.39. The first kappa shape index (κ1) is 13.9. The second-order valence-electron chi connectivity index (χ2n) is 3.90. The van der Waals surface area contributed by atoms with E-state index in [0.29, 0.717) is 25.2 Å². The lowest BCUT2D eigenvalue weighted by Crippen LogP contribution is -2.17. The van der Waals surface area contributed by atoms with Crippen LogP contribution < -0.4 is 0 Å². The summed E-state index contributed by atoms with van der Waals surface area (Å²) in [6, 6.07) is 0. The topological polar surface area (TPSA) is 52.6 Å². The summed E-state index contributed by atoms with van der Waals surface area (Å²) in [5.74, 6) is 0.0781. The van der Waals surface area contributed by atoms with Gasteiger partial charge < -0.3 is 9.47 Å². The first-order valence-electron chi connectivity index (χ1n) is 5.14. The highest BCUT2D eigenvalue weighted by Crippen LogP contribution is 2.21. The molecule has 0 heterocycles. The lowest BCUT2D eigenvalue weighted by molar-refractivity contribution is -0.144. The zero-order valence-corrected chi connectivity index (χ0v) is 9.91. The zero-order chi connectivity index (χ0) is 11.8. The van der Waals surface area contributed by atoms with Crippen LogP contribution in [0, 0.1) is 11.8 Å². The van der Waals surface area contributed by atoms with Crippen LogP contribution in [0.1, 0.15) is 33.1 Å². The molecule has 0 bridgehead atoms. The number of hydrogen-bond acceptors (Lipinski definition) is 4. The third-order valence-electron chi connectivity index (χ3n) is 2.55. The van der Waals surface area contributed by atoms with Crippen molar-refractivity contribution in [2.24, 2.45) is 11.8 Å². The Labute approximate surface area is 90.9 Å². The van der Waals surface area contributed by atoms with Gasteiger partial charge in [0.15, 0.2) is 0 Å². The van der Waals surface area contributed by atoms with Gasteiger partial charge in [-0.3, -0.25) is 9.59 Å². The molecule has 0 aromatic heterocycles. The second-order valence-corrected chi connectivity index (χ2v) is 3.90. The van der Waals surface area contributed by atoms with Crippen LogP contribution in [0.4, 0.5) is 0 Å². The van der Waals surface area contributed by atoms with Crippen LogP contribution in [-0.4, -0.2) is 26.2 Å². The molecule has 0 rings (SSSR count). The fourth-order valence-corrected chi connectivity index (χ4v) is 1.37. The van der Waals surface area contributed by atoms with Crippen LogP contribution in [0.15, 0.2) is 0 Å². The maximum Gasteiger partial charge on any atom is 0.305 e. The predicted molar refractivity (Wildman–Crippen MR) is 56.2 cm³/mol.